The van der Waals surface area contributed by atoms with Crippen molar-refractivity contribution in [2.45, 2.75) is 13.0 Å². The van der Waals surface area contributed by atoms with Gasteiger partial charge in [0.1, 0.15) is 17.3 Å². The summed E-state index contributed by atoms with van der Waals surface area (Å²) in [5.74, 6) is -0.130. The summed E-state index contributed by atoms with van der Waals surface area (Å²) in [6, 6.07) is 9.98. The lowest BCUT2D eigenvalue weighted by molar-refractivity contribution is 0.0696. The number of carboxylic acid groups (broad SMARTS) is 1. The van der Waals surface area contributed by atoms with Crippen LogP contribution in [0, 0.1) is 6.92 Å². The maximum absolute atomic E-state index is 11.8. The number of phenols is 1. The average Bonchev–Trinajstić information content (AvgIpc) is 2.59. The zero-order valence-electron chi connectivity index (χ0n) is 13.9. The minimum atomic E-state index is -1.02. The first-order valence-corrected chi connectivity index (χ1v) is 8.12. The van der Waals surface area contributed by atoms with Gasteiger partial charge in [0.25, 0.3) is 0 Å². The van der Waals surface area contributed by atoms with Gasteiger partial charge in [-0.2, -0.15) is 0 Å². The maximum Gasteiger partial charge on any atom is 0.336 e. The van der Waals surface area contributed by atoms with E-state index in [0.717, 1.165) is 5.56 Å². The van der Waals surface area contributed by atoms with Crippen molar-refractivity contribution in [3.8, 4) is 11.5 Å². The minimum Gasteiger partial charge on any atom is -0.508 e. The quantitative estimate of drug-likeness (QED) is 0.774. The van der Waals surface area contributed by atoms with Crippen LogP contribution in [0.4, 0.5) is 0 Å². The normalized spacial score (nSPS) is 17.9. The molecule has 0 saturated heterocycles. The molecule has 1 aliphatic carbocycles. The zero-order chi connectivity index (χ0) is 18.4. The third kappa shape index (κ3) is 2.59. The highest BCUT2D eigenvalue weighted by atomic mass is 16.5. The third-order valence-electron chi connectivity index (χ3n) is 4.45. The van der Waals surface area contributed by atoms with Crippen molar-refractivity contribution in [2.24, 2.45) is 0 Å². The van der Waals surface area contributed by atoms with Crippen LogP contribution in [-0.4, -0.2) is 27.4 Å². The fourth-order valence-electron chi connectivity index (χ4n) is 3.28. The van der Waals surface area contributed by atoms with Crippen molar-refractivity contribution in [3.63, 3.8) is 0 Å². The van der Waals surface area contributed by atoms with Crippen LogP contribution in [0.2, 0.25) is 0 Å². The number of aromatic hydroxyl groups is 1. The molecule has 2 aromatic rings. The molecular formula is C21H16O5. The Labute approximate surface area is 149 Å². The molecule has 5 heteroatoms. The first-order valence-electron chi connectivity index (χ1n) is 8.12. The molecule has 2 aliphatic rings. The van der Waals surface area contributed by atoms with E-state index in [4.69, 9.17) is 4.74 Å². The predicted molar refractivity (Wildman–Crippen MR) is 96.1 cm³/mol. The Hall–Kier alpha value is -3.31. The van der Waals surface area contributed by atoms with Crippen LogP contribution in [0.1, 0.15) is 27.0 Å². The highest BCUT2D eigenvalue weighted by Crippen LogP contribution is 2.45. The van der Waals surface area contributed by atoms with E-state index in [1.807, 2.05) is 13.0 Å². The Morgan fingerprint density at radius 3 is 2.65 bits per heavy atom. The number of aliphatic hydroxyl groups excluding tert-OH is 1. The highest BCUT2D eigenvalue weighted by molar-refractivity contribution is 6.00. The van der Waals surface area contributed by atoms with Gasteiger partial charge in [-0.1, -0.05) is 29.8 Å². The number of aliphatic hydroxyl groups is 1. The van der Waals surface area contributed by atoms with Crippen LogP contribution in [0.15, 0.2) is 66.0 Å². The Morgan fingerprint density at radius 1 is 1.12 bits per heavy atom. The number of aromatic carboxylic acids is 1. The van der Waals surface area contributed by atoms with E-state index in [2.05, 4.69) is 0 Å². The maximum atomic E-state index is 11.8. The first kappa shape index (κ1) is 16.2. The van der Waals surface area contributed by atoms with Crippen LogP contribution in [0.25, 0.3) is 5.57 Å². The Bertz CT molecular complexity index is 1030. The topological polar surface area (TPSA) is 87.0 Å². The number of hydrogen-bond donors (Lipinski definition) is 3. The van der Waals surface area contributed by atoms with Crippen molar-refractivity contribution in [3.05, 3.63) is 88.2 Å². The average molecular weight is 348 g/mol. The van der Waals surface area contributed by atoms with Crippen molar-refractivity contribution >= 4 is 11.5 Å². The van der Waals surface area contributed by atoms with E-state index in [-0.39, 0.29) is 11.3 Å². The van der Waals surface area contributed by atoms with Crippen molar-refractivity contribution in [1.82, 2.24) is 0 Å². The Morgan fingerprint density at radius 2 is 1.88 bits per heavy atom. The smallest absolute Gasteiger partial charge is 0.336 e. The second kappa shape index (κ2) is 5.89. The van der Waals surface area contributed by atoms with E-state index in [0.29, 0.717) is 33.8 Å². The van der Waals surface area contributed by atoms with Crippen molar-refractivity contribution in [1.29, 1.82) is 0 Å². The summed E-state index contributed by atoms with van der Waals surface area (Å²) in [5.41, 5.74) is 3.66. The summed E-state index contributed by atoms with van der Waals surface area (Å²) >= 11 is 0. The molecule has 130 valence electrons. The molecule has 26 heavy (non-hydrogen) atoms. The van der Waals surface area contributed by atoms with Gasteiger partial charge < -0.3 is 20.1 Å². The fourth-order valence-corrected chi connectivity index (χ4v) is 3.28. The van der Waals surface area contributed by atoms with Crippen LogP contribution < -0.4 is 4.74 Å². The van der Waals surface area contributed by atoms with Gasteiger partial charge in [-0.05, 0) is 36.8 Å². The number of phenolic OH excluding ortho intramolecular Hbond substituents is 1. The highest BCUT2D eigenvalue weighted by Gasteiger charge is 2.29. The molecular weight excluding hydrogens is 332 g/mol. The molecule has 0 amide bonds. The molecule has 0 bridgehead atoms. The summed E-state index contributed by atoms with van der Waals surface area (Å²) in [5, 5.41) is 29.4. The number of benzene rings is 2. The van der Waals surface area contributed by atoms with E-state index in [1.54, 1.807) is 36.4 Å². The zero-order valence-corrected chi connectivity index (χ0v) is 13.9. The number of fused-ring (bicyclic) bond motifs is 2. The molecule has 1 atom stereocenters. The summed E-state index contributed by atoms with van der Waals surface area (Å²) in [6.45, 7) is 1.84. The Balaban J connectivity index is 2.06. The van der Waals surface area contributed by atoms with Crippen LogP contribution in [-0.2, 0) is 0 Å². The van der Waals surface area contributed by atoms with Gasteiger partial charge in [0.15, 0.2) is 0 Å². The van der Waals surface area contributed by atoms with Crippen molar-refractivity contribution in [2.75, 3.05) is 0 Å². The van der Waals surface area contributed by atoms with Gasteiger partial charge in [0, 0.05) is 22.8 Å². The van der Waals surface area contributed by atoms with E-state index < -0.39 is 12.1 Å². The third-order valence-corrected chi connectivity index (χ3v) is 4.45. The molecule has 0 radical (unpaired) electrons. The lowest BCUT2D eigenvalue weighted by atomic mass is 9.85. The molecule has 2 aromatic carbocycles. The molecule has 0 fully saturated rings. The van der Waals surface area contributed by atoms with Crippen molar-refractivity contribution < 1.29 is 24.9 Å². The number of carbonyl (C=O) groups is 1. The largest absolute Gasteiger partial charge is 0.508 e. The van der Waals surface area contributed by atoms with Gasteiger partial charge in [-0.15, -0.1) is 0 Å². The number of ether oxygens (including phenoxy) is 1. The fraction of sp³-hybridized carbons (Fsp3) is 0.0952. The lowest BCUT2D eigenvalue weighted by Crippen LogP contribution is -2.16. The molecule has 0 aromatic heterocycles. The van der Waals surface area contributed by atoms with Gasteiger partial charge in [-0.3, -0.25) is 0 Å². The number of carboxylic acids is 1. The number of hydrogen-bond acceptors (Lipinski definition) is 4. The molecule has 1 unspecified atom stereocenters. The molecule has 0 spiro atoms. The standard InChI is InChI=1S/C21H16O5/c1-11-2-5-14(17(8-11)21(24)25)20-15-6-3-12(22)9-18(15)26-19-10-13(23)4-7-16(19)20/h2-10,12,22-23H,1H3,(H,24,25). The molecule has 1 aliphatic heterocycles. The van der Waals surface area contributed by atoms with Gasteiger partial charge >= 0.3 is 5.97 Å². The van der Waals surface area contributed by atoms with E-state index in [1.165, 1.54) is 12.1 Å². The number of aryl methyl sites for hydroxylation is 1. The summed E-state index contributed by atoms with van der Waals surface area (Å²) < 4.78 is 5.85. The molecule has 3 N–H and O–H groups in total. The predicted octanol–water partition coefficient (Wildman–Crippen LogP) is 3.41. The second-order valence-corrected chi connectivity index (χ2v) is 6.31. The van der Waals surface area contributed by atoms with Gasteiger partial charge in [0.05, 0.1) is 11.7 Å². The molecule has 1 heterocycles. The summed E-state index contributed by atoms with van der Waals surface area (Å²) in [4.78, 5) is 11.8. The lowest BCUT2D eigenvalue weighted by Gasteiger charge is -2.28. The van der Waals surface area contributed by atoms with Crippen LogP contribution in [0.3, 0.4) is 0 Å². The second-order valence-electron chi connectivity index (χ2n) is 6.31. The summed E-state index contributed by atoms with van der Waals surface area (Å²) in [7, 11) is 0. The van der Waals surface area contributed by atoms with Crippen LogP contribution in [0.5, 0.6) is 11.5 Å². The van der Waals surface area contributed by atoms with Gasteiger partial charge in [-0.25, -0.2) is 4.79 Å². The molecule has 5 nitrogen and oxygen atoms in total. The molecule has 0 saturated carbocycles. The number of allylic oxidation sites excluding steroid dienone is 1. The Kier molecular flexibility index (Phi) is 3.67. The SMILES string of the molecule is Cc1ccc(C2=C3C=CC(O)C=C3Oc3cc(O)ccc32)c(C(=O)O)c1. The summed E-state index contributed by atoms with van der Waals surface area (Å²) in [6.07, 6.45) is 4.11. The van der Waals surface area contributed by atoms with E-state index in [9.17, 15) is 20.1 Å². The number of rotatable bonds is 2. The van der Waals surface area contributed by atoms with Crippen LogP contribution >= 0.6 is 0 Å². The van der Waals surface area contributed by atoms with Gasteiger partial charge in [0.2, 0.25) is 0 Å². The minimum absolute atomic E-state index is 0.0430. The van der Waals surface area contributed by atoms with E-state index >= 15 is 0 Å². The first-order chi connectivity index (χ1) is 12.4. The monoisotopic (exact) mass is 348 g/mol. The molecule has 4 rings (SSSR count).